The predicted octanol–water partition coefficient (Wildman–Crippen LogP) is 2.42. The number of rotatable bonds is 3. The number of benzene rings is 1. The zero-order chi connectivity index (χ0) is 14.6. The molecule has 1 rings (SSSR count). The van der Waals surface area contributed by atoms with Crippen LogP contribution in [0.3, 0.4) is 0 Å². The highest BCUT2D eigenvalue weighted by molar-refractivity contribution is 8.00. The van der Waals surface area contributed by atoms with Crippen molar-refractivity contribution in [1.82, 2.24) is 0 Å². The topological polar surface area (TPSA) is 76.1 Å². The van der Waals surface area contributed by atoms with Gasteiger partial charge in [0.05, 0.1) is 18.2 Å². The number of esters is 1. The van der Waals surface area contributed by atoms with Crippen molar-refractivity contribution in [2.75, 3.05) is 7.11 Å². The van der Waals surface area contributed by atoms with E-state index in [0.29, 0.717) is 5.56 Å². The van der Waals surface area contributed by atoms with Crippen LogP contribution >= 0.6 is 11.8 Å². The molecule has 1 aromatic carbocycles. The van der Waals surface area contributed by atoms with E-state index in [0.717, 1.165) is 13.2 Å². The van der Waals surface area contributed by atoms with Crippen molar-refractivity contribution in [3.05, 3.63) is 28.8 Å². The third kappa shape index (κ3) is 3.87. The van der Waals surface area contributed by atoms with Crippen LogP contribution in [-0.4, -0.2) is 18.6 Å². The Balaban J connectivity index is 3.47. The molecule has 102 valence electrons. The van der Waals surface area contributed by atoms with E-state index >= 15 is 0 Å². The van der Waals surface area contributed by atoms with Crippen LogP contribution in [0.5, 0.6) is 0 Å². The fourth-order valence-corrected chi connectivity index (χ4v) is 2.15. The summed E-state index contributed by atoms with van der Waals surface area (Å²) in [6.45, 7) is -0.0401. The van der Waals surface area contributed by atoms with Crippen molar-refractivity contribution in [3.8, 4) is 6.07 Å². The molecule has 0 unspecified atom stereocenters. The Morgan fingerprint density at radius 1 is 1.53 bits per heavy atom. The van der Waals surface area contributed by atoms with Crippen LogP contribution in [0.2, 0.25) is 0 Å². The SMILES string of the molecule is COC(=O)c1c(C#N)cc(CN)cc1SC(F)(F)F. The van der Waals surface area contributed by atoms with Gasteiger partial charge in [-0.3, -0.25) is 0 Å². The van der Waals surface area contributed by atoms with E-state index in [2.05, 4.69) is 4.74 Å². The standard InChI is InChI=1S/C11H9F3N2O2S/c1-18-10(17)9-7(5-16)2-6(4-15)3-8(9)19-11(12,13)14/h2-3H,4,15H2,1H3. The van der Waals surface area contributed by atoms with E-state index in [1.54, 1.807) is 6.07 Å². The maximum atomic E-state index is 12.5. The van der Waals surface area contributed by atoms with Gasteiger partial charge in [0, 0.05) is 11.4 Å². The summed E-state index contributed by atoms with van der Waals surface area (Å²) in [5.74, 6) is -0.994. The van der Waals surface area contributed by atoms with E-state index in [1.165, 1.54) is 6.07 Å². The molecule has 0 saturated heterocycles. The second kappa shape index (κ2) is 5.95. The zero-order valence-corrected chi connectivity index (χ0v) is 10.6. The van der Waals surface area contributed by atoms with Crippen molar-refractivity contribution in [3.63, 3.8) is 0 Å². The number of carbonyl (C=O) groups excluding carboxylic acids is 1. The van der Waals surface area contributed by atoms with Crippen molar-refractivity contribution in [2.24, 2.45) is 5.73 Å². The highest BCUT2D eigenvalue weighted by atomic mass is 32.2. The third-order valence-electron chi connectivity index (χ3n) is 2.13. The number of nitriles is 1. The van der Waals surface area contributed by atoms with Crippen LogP contribution in [0.25, 0.3) is 0 Å². The molecule has 0 aliphatic heterocycles. The lowest BCUT2D eigenvalue weighted by Crippen LogP contribution is -2.11. The highest BCUT2D eigenvalue weighted by Crippen LogP contribution is 2.40. The number of hydrogen-bond acceptors (Lipinski definition) is 5. The summed E-state index contributed by atoms with van der Waals surface area (Å²) in [4.78, 5) is 11.1. The average Bonchev–Trinajstić information content (AvgIpc) is 2.34. The van der Waals surface area contributed by atoms with Gasteiger partial charge >= 0.3 is 11.5 Å². The van der Waals surface area contributed by atoms with Gasteiger partial charge in [-0.05, 0) is 29.5 Å². The highest BCUT2D eigenvalue weighted by Gasteiger charge is 2.33. The second-order valence-corrected chi connectivity index (χ2v) is 4.48. The number of halogens is 3. The van der Waals surface area contributed by atoms with Crippen LogP contribution in [0.15, 0.2) is 17.0 Å². The lowest BCUT2D eigenvalue weighted by Gasteiger charge is -2.12. The van der Waals surface area contributed by atoms with Gasteiger partial charge < -0.3 is 10.5 Å². The molecule has 0 heterocycles. The maximum Gasteiger partial charge on any atom is 0.446 e. The van der Waals surface area contributed by atoms with Gasteiger partial charge in [-0.2, -0.15) is 18.4 Å². The molecule has 4 nitrogen and oxygen atoms in total. The Morgan fingerprint density at radius 3 is 2.58 bits per heavy atom. The van der Waals surface area contributed by atoms with Gasteiger partial charge in [-0.15, -0.1) is 0 Å². The van der Waals surface area contributed by atoms with E-state index < -0.39 is 28.8 Å². The summed E-state index contributed by atoms with van der Waals surface area (Å²) in [7, 11) is 1.03. The number of nitrogens with two attached hydrogens (primary N) is 1. The van der Waals surface area contributed by atoms with Crippen LogP contribution < -0.4 is 5.73 Å². The van der Waals surface area contributed by atoms with Gasteiger partial charge in [0.1, 0.15) is 6.07 Å². The molecule has 0 atom stereocenters. The number of methoxy groups -OCH3 is 1. The largest absolute Gasteiger partial charge is 0.465 e. The number of ether oxygens (including phenoxy) is 1. The van der Waals surface area contributed by atoms with Gasteiger partial charge in [0.25, 0.3) is 0 Å². The Hall–Kier alpha value is -1.72. The van der Waals surface area contributed by atoms with E-state index in [9.17, 15) is 18.0 Å². The first-order chi connectivity index (χ1) is 8.82. The molecular formula is C11H9F3N2O2S. The Kier molecular flexibility index (Phi) is 4.80. The molecule has 8 heteroatoms. The average molecular weight is 290 g/mol. The predicted molar refractivity (Wildman–Crippen MR) is 62.3 cm³/mol. The summed E-state index contributed by atoms with van der Waals surface area (Å²) in [5.41, 5.74) is 0.506. The number of alkyl halides is 3. The molecule has 0 bridgehead atoms. The Labute approximate surface area is 111 Å². The number of carbonyl (C=O) groups is 1. The monoisotopic (exact) mass is 290 g/mol. The second-order valence-electron chi connectivity index (χ2n) is 3.37. The lowest BCUT2D eigenvalue weighted by molar-refractivity contribution is -0.0328. The molecule has 1 aromatic rings. The Bertz CT molecular complexity index is 538. The van der Waals surface area contributed by atoms with E-state index in [1.807, 2.05) is 0 Å². The fourth-order valence-electron chi connectivity index (χ4n) is 1.40. The van der Waals surface area contributed by atoms with Crippen molar-refractivity contribution < 1.29 is 22.7 Å². The van der Waals surface area contributed by atoms with Crippen molar-refractivity contribution >= 4 is 17.7 Å². The molecule has 0 fully saturated rings. The first-order valence-electron chi connectivity index (χ1n) is 4.93. The zero-order valence-electron chi connectivity index (χ0n) is 9.75. The number of hydrogen-bond donors (Lipinski definition) is 1. The van der Waals surface area contributed by atoms with Gasteiger partial charge in [0.15, 0.2) is 0 Å². The fraction of sp³-hybridized carbons (Fsp3) is 0.273. The molecule has 0 radical (unpaired) electrons. The van der Waals surface area contributed by atoms with E-state index in [4.69, 9.17) is 11.0 Å². The minimum atomic E-state index is -4.58. The number of nitrogens with zero attached hydrogens (tertiary/aromatic N) is 1. The van der Waals surface area contributed by atoms with Crippen LogP contribution in [0, 0.1) is 11.3 Å². The molecule has 0 amide bonds. The summed E-state index contributed by atoms with van der Waals surface area (Å²) in [6.07, 6.45) is 0. The summed E-state index contributed by atoms with van der Waals surface area (Å²) < 4.78 is 41.8. The summed E-state index contributed by atoms with van der Waals surface area (Å²) in [6, 6.07) is 4.08. The van der Waals surface area contributed by atoms with Crippen LogP contribution in [0.1, 0.15) is 21.5 Å². The molecule has 0 spiro atoms. The first-order valence-corrected chi connectivity index (χ1v) is 5.75. The maximum absolute atomic E-state index is 12.5. The third-order valence-corrected chi connectivity index (χ3v) is 2.91. The minimum Gasteiger partial charge on any atom is -0.465 e. The Morgan fingerprint density at radius 2 is 2.16 bits per heavy atom. The van der Waals surface area contributed by atoms with Crippen LogP contribution in [-0.2, 0) is 11.3 Å². The first kappa shape index (κ1) is 15.3. The lowest BCUT2D eigenvalue weighted by atomic mass is 10.0. The van der Waals surface area contributed by atoms with Gasteiger partial charge in [-0.1, -0.05) is 0 Å². The molecule has 0 aliphatic rings. The molecule has 0 aromatic heterocycles. The van der Waals surface area contributed by atoms with Crippen molar-refractivity contribution in [2.45, 2.75) is 16.9 Å². The quantitative estimate of drug-likeness (QED) is 0.683. The molecule has 2 N–H and O–H groups in total. The van der Waals surface area contributed by atoms with Crippen LogP contribution in [0.4, 0.5) is 13.2 Å². The van der Waals surface area contributed by atoms with E-state index in [-0.39, 0.29) is 17.0 Å². The van der Waals surface area contributed by atoms with Crippen molar-refractivity contribution in [1.29, 1.82) is 5.26 Å². The summed E-state index contributed by atoms with van der Waals surface area (Å²) >= 11 is -0.477. The van der Waals surface area contributed by atoms with Gasteiger partial charge in [-0.25, -0.2) is 4.79 Å². The summed E-state index contributed by atoms with van der Waals surface area (Å²) in [5, 5.41) is 8.92. The van der Waals surface area contributed by atoms with Gasteiger partial charge in [0.2, 0.25) is 0 Å². The number of thioether (sulfide) groups is 1. The molecule has 0 aliphatic carbocycles. The molecule has 19 heavy (non-hydrogen) atoms. The smallest absolute Gasteiger partial charge is 0.446 e. The normalized spacial score (nSPS) is 10.9. The minimum absolute atomic E-state index is 0.0401. The molecular weight excluding hydrogens is 281 g/mol. The molecule has 0 saturated carbocycles.